The molecule has 0 aliphatic rings. The van der Waals surface area contributed by atoms with Crippen LogP contribution in [0.5, 0.6) is 5.88 Å². The third kappa shape index (κ3) is 6.44. The van der Waals surface area contributed by atoms with Gasteiger partial charge in [-0.15, -0.1) is 0 Å². The normalized spacial score (nSPS) is 11.6. The molecular weight excluding hydrogens is 450 g/mol. The predicted octanol–water partition coefficient (Wildman–Crippen LogP) is 6.30. The molecule has 1 unspecified atom stereocenters. The Hall–Kier alpha value is -3.10. The lowest BCUT2D eigenvalue weighted by Gasteiger charge is -2.17. The van der Waals surface area contributed by atoms with Crippen molar-refractivity contribution in [3.8, 4) is 17.7 Å². The number of aromatic nitrogens is 1. The van der Waals surface area contributed by atoms with Gasteiger partial charge in [0.15, 0.2) is 0 Å². The molecule has 1 atom stereocenters. The van der Waals surface area contributed by atoms with Gasteiger partial charge in [-0.1, -0.05) is 42.2 Å². The molecule has 3 aromatic rings. The maximum absolute atomic E-state index is 6.16. The molecule has 0 fully saturated rings. The summed E-state index contributed by atoms with van der Waals surface area (Å²) in [6.07, 6.45) is 1.63. The maximum Gasteiger partial charge on any atom is 0.228 e. The van der Waals surface area contributed by atoms with Gasteiger partial charge in [-0.05, 0) is 72.6 Å². The molecule has 0 N–H and O–H groups in total. The van der Waals surface area contributed by atoms with E-state index in [-0.39, 0.29) is 6.10 Å². The van der Waals surface area contributed by atoms with Crippen LogP contribution in [-0.4, -0.2) is 29.8 Å². The van der Waals surface area contributed by atoms with E-state index in [1.54, 1.807) is 0 Å². The highest BCUT2D eigenvalue weighted by atomic mass is 79.9. The average Bonchev–Trinajstić information content (AvgIpc) is 2.79. The Bertz CT molecular complexity index is 1120. The fraction of sp³-hybridized carbons (Fsp3) is 0.231. The molecular formula is C26H26BrN3O. The standard InChI is InChI=1S/C26H26BrN3O/c1-5-30(4)18-28-25-17-24(27)26(29-19(25)2)31-20(3)23-13-9-12-22(16-23)15-14-21-10-7-6-8-11-21/h6-13,16-18,20H,5H2,1-4H3/b28-18+. The third-order valence-corrected chi connectivity index (χ3v) is 5.34. The second kappa shape index (κ2) is 10.8. The lowest BCUT2D eigenvalue weighted by atomic mass is 10.1. The lowest BCUT2D eigenvalue weighted by Crippen LogP contribution is -2.14. The van der Waals surface area contributed by atoms with E-state index < -0.39 is 0 Å². The van der Waals surface area contributed by atoms with Gasteiger partial charge in [0.1, 0.15) is 6.10 Å². The largest absolute Gasteiger partial charge is 0.469 e. The molecule has 0 amide bonds. The van der Waals surface area contributed by atoms with Gasteiger partial charge < -0.3 is 9.64 Å². The van der Waals surface area contributed by atoms with Crippen LogP contribution < -0.4 is 4.74 Å². The number of halogens is 1. The molecule has 3 rings (SSSR count). The van der Waals surface area contributed by atoms with Crippen LogP contribution in [0.2, 0.25) is 0 Å². The van der Waals surface area contributed by atoms with E-state index in [4.69, 9.17) is 4.74 Å². The van der Waals surface area contributed by atoms with Crippen molar-refractivity contribution in [1.82, 2.24) is 9.88 Å². The Kier molecular flexibility index (Phi) is 7.86. The summed E-state index contributed by atoms with van der Waals surface area (Å²) in [6, 6.07) is 20.0. The van der Waals surface area contributed by atoms with Gasteiger partial charge >= 0.3 is 0 Å². The summed E-state index contributed by atoms with van der Waals surface area (Å²) in [5, 5.41) is 0. The van der Waals surface area contributed by atoms with E-state index in [0.29, 0.717) is 5.88 Å². The molecule has 0 saturated heterocycles. The molecule has 31 heavy (non-hydrogen) atoms. The first-order valence-corrected chi connectivity index (χ1v) is 11.0. The number of hydrogen-bond donors (Lipinski definition) is 0. The van der Waals surface area contributed by atoms with Crippen LogP contribution in [0.4, 0.5) is 5.69 Å². The molecule has 1 aromatic heterocycles. The summed E-state index contributed by atoms with van der Waals surface area (Å²) >= 11 is 3.57. The second-order valence-corrected chi connectivity index (χ2v) is 8.05. The molecule has 0 aliphatic heterocycles. The van der Waals surface area contributed by atoms with Crippen LogP contribution in [0.15, 0.2) is 70.1 Å². The van der Waals surface area contributed by atoms with E-state index in [2.05, 4.69) is 50.7 Å². The van der Waals surface area contributed by atoms with Crippen molar-refractivity contribution in [3.05, 3.63) is 87.5 Å². The highest BCUT2D eigenvalue weighted by Crippen LogP contribution is 2.32. The first kappa shape index (κ1) is 22.6. The second-order valence-electron chi connectivity index (χ2n) is 7.20. The smallest absolute Gasteiger partial charge is 0.228 e. The molecule has 0 saturated carbocycles. The molecule has 5 heteroatoms. The van der Waals surface area contributed by atoms with Crippen molar-refractivity contribution >= 4 is 28.0 Å². The highest BCUT2D eigenvalue weighted by Gasteiger charge is 2.13. The fourth-order valence-corrected chi connectivity index (χ4v) is 3.17. The predicted molar refractivity (Wildman–Crippen MR) is 131 cm³/mol. The Balaban J connectivity index is 1.76. The van der Waals surface area contributed by atoms with Gasteiger partial charge in [0.25, 0.3) is 0 Å². The summed E-state index contributed by atoms with van der Waals surface area (Å²) < 4.78 is 6.94. The fourth-order valence-electron chi connectivity index (χ4n) is 2.78. The minimum absolute atomic E-state index is 0.178. The van der Waals surface area contributed by atoms with Crippen LogP contribution in [-0.2, 0) is 0 Å². The Labute approximate surface area is 193 Å². The number of rotatable bonds is 6. The van der Waals surface area contributed by atoms with Gasteiger partial charge in [-0.3, -0.25) is 0 Å². The minimum Gasteiger partial charge on any atom is -0.469 e. The van der Waals surface area contributed by atoms with Crippen molar-refractivity contribution in [2.75, 3.05) is 13.6 Å². The van der Waals surface area contributed by atoms with E-state index >= 15 is 0 Å². The molecule has 0 bridgehead atoms. The molecule has 1 heterocycles. The van der Waals surface area contributed by atoms with Crippen LogP contribution in [0.3, 0.4) is 0 Å². The lowest BCUT2D eigenvalue weighted by molar-refractivity contribution is 0.215. The highest BCUT2D eigenvalue weighted by molar-refractivity contribution is 9.10. The number of ether oxygens (including phenoxy) is 1. The zero-order valence-corrected chi connectivity index (χ0v) is 19.8. The molecule has 4 nitrogen and oxygen atoms in total. The molecule has 2 aromatic carbocycles. The number of pyridine rings is 1. The van der Waals surface area contributed by atoms with E-state index in [1.165, 1.54) is 0 Å². The molecule has 158 valence electrons. The topological polar surface area (TPSA) is 37.7 Å². The van der Waals surface area contributed by atoms with E-state index in [1.807, 2.05) is 86.7 Å². The average molecular weight is 476 g/mol. The zero-order valence-electron chi connectivity index (χ0n) is 18.3. The quantitative estimate of drug-likeness (QED) is 0.238. The summed E-state index contributed by atoms with van der Waals surface area (Å²) in [4.78, 5) is 11.1. The van der Waals surface area contributed by atoms with Gasteiger partial charge in [-0.25, -0.2) is 9.98 Å². The van der Waals surface area contributed by atoms with Crippen molar-refractivity contribution < 1.29 is 4.74 Å². The Morgan fingerprint density at radius 3 is 2.55 bits per heavy atom. The van der Waals surface area contributed by atoms with E-state index in [9.17, 15) is 0 Å². The first-order chi connectivity index (χ1) is 15.0. The van der Waals surface area contributed by atoms with Crippen molar-refractivity contribution in [1.29, 1.82) is 0 Å². The molecule has 0 aliphatic carbocycles. The van der Waals surface area contributed by atoms with Crippen molar-refractivity contribution in [2.45, 2.75) is 26.9 Å². The number of aliphatic imine (C=N–C) groups is 1. The number of benzene rings is 2. The van der Waals surface area contributed by atoms with Crippen LogP contribution in [0, 0.1) is 18.8 Å². The summed E-state index contributed by atoms with van der Waals surface area (Å²) in [6.45, 7) is 6.91. The monoisotopic (exact) mass is 475 g/mol. The first-order valence-electron chi connectivity index (χ1n) is 10.2. The molecule has 0 radical (unpaired) electrons. The van der Waals surface area contributed by atoms with Crippen LogP contribution >= 0.6 is 15.9 Å². The van der Waals surface area contributed by atoms with E-state index in [0.717, 1.165) is 39.1 Å². The van der Waals surface area contributed by atoms with Gasteiger partial charge in [0.2, 0.25) is 5.88 Å². The van der Waals surface area contributed by atoms with Gasteiger partial charge in [0, 0.05) is 24.7 Å². The van der Waals surface area contributed by atoms with Crippen LogP contribution in [0.1, 0.15) is 42.3 Å². The summed E-state index contributed by atoms with van der Waals surface area (Å²) in [5.41, 5.74) is 4.61. The minimum atomic E-state index is -0.178. The van der Waals surface area contributed by atoms with Gasteiger partial charge in [0.05, 0.1) is 22.2 Å². The third-order valence-electron chi connectivity index (χ3n) is 4.77. The summed E-state index contributed by atoms with van der Waals surface area (Å²) in [5.74, 6) is 6.97. The Morgan fingerprint density at radius 2 is 1.81 bits per heavy atom. The van der Waals surface area contributed by atoms with Crippen molar-refractivity contribution in [2.24, 2.45) is 4.99 Å². The SMILES string of the molecule is CCN(C)/C=N/c1cc(Br)c(OC(C)c2cccc(C#Cc3ccccc3)c2)nc1C. The van der Waals surface area contributed by atoms with Crippen LogP contribution in [0.25, 0.3) is 0 Å². The maximum atomic E-state index is 6.16. The summed E-state index contributed by atoms with van der Waals surface area (Å²) in [7, 11) is 1.98. The molecule has 0 spiro atoms. The number of nitrogens with zero attached hydrogens (tertiary/aromatic N) is 3. The van der Waals surface area contributed by atoms with Crippen molar-refractivity contribution in [3.63, 3.8) is 0 Å². The Morgan fingerprint density at radius 1 is 1.10 bits per heavy atom. The van der Waals surface area contributed by atoms with Gasteiger partial charge in [-0.2, -0.15) is 0 Å². The zero-order chi connectivity index (χ0) is 22.2. The number of hydrogen-bond acceptors (Lipinski definition) is 3. The number of aryl methyl sites for hydroxylation is 1.